The summed E-state index contributed by atoms with van der Waals surface area (Å²) in [5.74, 6) is -0.0345. The zero-order chi connectivity index (χ0) is 12.4. The molecule has 4 heteroatoms. The van der Waals surface area contributed by atoms with E-state index in [1.165, 1.54) is 6.92 Å². The van der Waals surface area contributed by atoms with Gasteiger partial charge in [0.05, 0.1) is 12.8 Å². The fourth-order valence-corrected chi connectivity index (χ4v) is 1.97. The Kier molecular flexibility index (Phi) is 3.06. The van der Waals surface area contributed by atoms with E-state index in [0.717, 1.165) is 16.7 Å². The summed E-state index contributed by atoms with van der Waals surface area (Å²) in [6, 6.07) is 7.46. The molecule has 0 amide bonds. The fraction of sp³-hybridized carbons (Fsp3) is 0.231. The third-order valence-electron chi connectivity index (χ3n) is 2.75. The van der Waals surface area contributed by atoms with Gasteiger partial charge >= 0.3 is 0 Å². The number of aliphatic hydroxyl groups is 1. The average molecular weight is 230 g/mol. The van der Waals surface area contributed by atoms with Crippen molar-refractivity contribution in [3.63, 3.8) is 0 Å². The highest BCUT2D eigenvalue weighted by Gasteiger charge is 2.16. The number of aryl methyl sites for hydroxylation is 1. The van der Waals surface area contributed by atoms with Crippen LogP contribution < -0.4 is 0 Å². The van der Waals surface area contributed by atoms with Crippen molar-refractivity contribution in [3.8, 4) is 11.1 Å². The lowest BCUT2D eigenvalue weighted by atomic mass is 9.99. The van der Waals surface area contributed by atoms with Crippen molar-refractivity contribution in [2.45, 2.75) is 13.5 Å². The van der Waals surface area contributed by atoms with Crippen LogP contribution in [0, 0.1) is 0 Å². The molecule has 0 atom stereocenters. The van der Waals surface area contributed by atoms with Gasteiger partial charge in [-0.3, -0.25) is 9.48 Å². The van der Waals surface area contributed by atoms with Gasteiger partial charge in [0.15, 0.2) is 5.78 Å². The minimum atomic E-state index is -0.0532. The Bertz CT molecular complexity index is 558. The molecular formula is C13H14N2O2. The second-order valence-corrected chi connectivity index (χ2v) is 3.90. The average Bonchev–Trinajstić information content (AvgIpc) is 2.71. The summed E-state index contributed by atoms with van der Waals surface area (Å²) in [5, 5.41) is 13.4. The smallest absolute Gasteiger partial charge is 0.178 e. The van der Waals surface area contributed by atoms with Crippen LogP contribution in [0.2, 0.25) is 0 Å². The van der Waals surface area contributed by atoms with Crippen LogP contribution in [-0.4, -0.2) is 20.7 Å². The summed E-state index contributed by atoms with van der Waals surface area (Å²) >= 11 is 0. The Morgan fingerprint density at radius 1 is 1.35 bits per heavy atom. The maximum atomic E-state index is 11.6. The molecule has 1 aromatic heterocycles. The standard InChI is InChI=1S/C13H14N2O2/c1-9(17)13-12(7-14-15(13)2)11-6-4-3-5-10(11)8-16/h3-7,16H,8H2,1-2H3. The van der Waals surface area contributed by atoms with Gasteiger partial charge in [0, 0.05) is 19.5 Å². The van der Waals surface area contributed by atoms with E-state index in [0.29, 0.717) is 5.69 Å². The van der Waals surface area contributed by atoms with Crippen molar-refractivity contribution in [3.05, 3.63) is 41.7 Å². The van der Waals surface area contributed by atoms with Crippen molar-refractivity contribution in [2.75, 3.05) is 0 Å². The number of rotatable bonds is 3. The zero-order valence-corrected chi connectivity index (χ0v) is 9.84. The topological polar surface area (TPSA) is 55.1 Å². The van der Waals surface area contributed by atoms with Crippen molar-refractivity contribution < 1.29 is 9.90 Å². The first kappa shape index (κ1) is 11.5. The molecule has 0 saturated heterocycles. The van der Waals surface area contributed by atoms with Gasteiger partial charge in [0.1, 0.15) is 5.69 Å². The molecule has 0 radical (unpaired) electrons. The molecule has 0 spiro atoms. The molecule has 4 nitrogen and oxygen atoms in total. The lowest BCUT2D eigenvalue weighted by molar-refractivity contribution is 0.100. The van der Waals surface area contributed by atoms with Gasteiger partial charge in [0.25, 0.3) is 0 Å². The van der Waals surface area contributed by atoms with Crippen molar-refractivity contribution in [2.24, 2.45) is 7.05 Å². The number of carbonyl (C=O) groups excluding carboxylic acids is 1. The van der Waals surface area contributed by atoms with Gasteiger partial charge in [0.2, 0.25) is 0 Å². The number of hydrogen-bond donors (Lipinski definition) is 1. The summed E-state index contributed by atoms with van der Waals surface area (Å²) in [6.07, 6.45) is 1.66. The molecule has 0 unspecified atom stereocenters. The molecule has 0 saturated carbocycles. The predicted octanol–water partition coefficient (Wildman–Crippen LogP) is 1.78. The molecule has 2 rings (SSSR count). The number of ketones is 1. The first-order chi connectivity index (χ1) is 8.15. The number of hydrogen-bond acceptors (Lipinski definition) is 3. The summed E-state index contributed by atoms with van der Waals surface area (Å²) < 4.78 is 1.56. The van der Waals surface area contributed by atoms with E-state index in [2.05, 4.69) is 5.10 Å². The van der Waals surface area contributed by atoms with Crippen molar-refractivity contribution >= 4 is 5.78 Å². The van der Waals surface area contributed by atoms with Gasteiger partial charge in [-0.15, -0.1) is 0 Å². The minimum Gasteiger partial charge on any atom is -0.392 e. The Morgan fingerprint density at radius 2 is 2.06 bits per heavy atom. The maximum Gasteiger partial charge on any atom is 0.178 e. The monoisotopic (exact) mass is 230 g/mol. The third kappa shape index (κ3) is 1.99. The number of carbonyl (C=O) groups is 1. The molecular weight excluding hydrogens is 216 g/mol. The van der Waals surface area contributed by atoms with Crippen LogP contribution in [0.25, 0.3) is 11.1 Å². The Morgan fingerprint density at radius 3 is 2.71 bits per heavy atom. The van der Waals surface area contributed by atoms with Crippen LogP contribution in [0.3, 0.4) is 0 Å². The molecule has 0 aliphatic rings. The Balaban J connectivity index is 2.65. The fourth-order valence-electron chi connectivity index (χ4n) is 1.97. The molecule has 1 heterocycles. The van der Waals surface area contributed by atoms with E-state index >= 15 is 0 Å². The van der Waals surface area contributed by atoms with Crippen molar-refractivity contribution in [1.29, 1.82) is 0 Å². The highest BCUT2D eigenvalue weighted by Crippen LogP contribution is 2.27. The molecule has 1 aromatic carbocycles. The summed E-state index contributed by atoms with van der Waals surface area (Å²) in [4.78, 5) is 11.6. The highest BCUT2D eigenvalue weighted by molar-refractivity contribution is 5.99. The van der Waals surface area contributed by atoms with Gasteiger partial charge in [-0.25, -0.2) is 0 Å². The number of benzene rings is 1. The SMILES string of the molecule is CC(=O)c1c(-c2ccccc2CO)cnn1C. The lowest BCUT2D eigenvalue weighted by Gasteiger charge is -2.07. The summed E-state index contributed by atoms with van der Waals surface area (Å²) in [7, 11) is 1.74. The van der Waals surface area contributed by atoms with Gasteiger partial charge in [-0.05, 0) is 11.1 Å². The van der Waals surface area contributed by atoms with E-state index in [1.54, 1.807) is 17.9 Å². The first-order valence-electron chi connectivity index (χ1n) is 5.37. The second-order valence-electron chi connectivity index (χ2n) is 3.90. The lowest BCUT2D eigenvalue weighted by Crippen LogP contribution is -2.04. The van der Waals surface area contributed by atoms with Crippen LogP contribution >= 0.6 is 0 Å². The van der Waals surface area contributed by atoms with Crippen LogP contribution in [0.5, 0.6) is 0 Å². The van der Waals surface area contributed by atoms with E-state index in [-0.39, 0.29) is 12.4 Å². The summed E-state index contributed by atoms with van der Waals surface area (Å²) in [5.41, 5.74) is 2.98. The number of aliphatic hydroxyl groups excluding tert-OH is 1. The second kappa shape index (κ2) is 4.51. The highest BCUT2D eigenvalue weighted by atomic mass is 16.3. The van der Waals surface area contributed by atoms with Crippen LogP contribution in [0.15, 0.2) is 30.5 Å². The van der Waals surface area contributed by atoms with Gasteiger partial charge < -0.3 is 5.11 Å². The largest absolute Gasteiger partial charge is 0.392 e. The maximum absolute atomic E-state index is 11.6. The van der Waals surface area contributed by atoms with Crippen LogP contribution in [0.4, 0.5) is 0 Å². The third-order valence-corrected chi connectivity index (χ3v) is 2.75. The van der Waals surface area contributed by atoms with Crippen LogP contribution in [-0.2, 0) is 13.7 Å². The van der Waals surface area contributed by atoms with Gasteiger partial charge in [-0.2, -0.15) is 5.10 Å². The van der Waals surface area contributed by atoms with E-state index in [4.69, 9.17) is 0 Å². The van der Waals surface area contributed by atoms with E-state index in [1.807, 2.05) is 24.3 Å². The molecule has 0 fully saturated rings. The minimum absolute atomic E-state index is 0.0345. The number of aromatic nitrogens is 2. The zero-order valence-electron chi connectivity index (χ0n) is 9.84. The Hall–Kier alpha value is -1.94. The predicted molar refractivity (Wildman–Crippen MR) is 64.6 cm³/mol. The molecule has 2 aromatic rings. The quantitative estimate of drug-likeness (QED) is 0.818. The van der Waals surface area contributed by atoms with Crippen molar-refractivity contribution in [1.82, 2.24) is 9.78 Å². The normalized spacial score (nSPS) is 10.5. The van der Waals surface area contributed by atoms with E-state index < -0.39 is 0 Å². The first-order valence-corrected chi connectivity index (χ1v) is 5.37. The van der Waals surface area contributed by atoms with Gasteiger partial charge in [-0.1, -0.05) is 24.3 Å². The number of Topliss-reactive ketones (excluding diaryl/α,β-unsaturated/α-hetero) is 1. The van der Waals surface area contributed by atoms with E-state index in [9.17, 15) is 9.90 Å². The van der Waals surface area contributed by atoms with Crippen LogP contribution in [0.1, 0.15) is 23.0 Å². The number of nitrogens with zero attached hydrogens (tertiary/aromatic N) is 2. The molecule has 17 heavy (non-hydrogen) atoms. The summed E-state index contributed by atoms with van der Waals surface area (Å²) in [6.45, 7) is 1.46. The molecule has 0 bridgehead atoms. The molecule has 0 aliphatic carbocycles. The molecule has 0 aliphatic heterocycles. The Labute approximate surface area is 99.5 Å². The molecule has 88 valence electrons. The molecule has 1 N–H and O–H groups in total.